The van der Waals surface area contributed by atoms with E-state index >= 15 is 0 Å². The largest absolute Gasteiger partial charge is 0.462 e. The number of nitrogens with one attached hydrogen (secondary N) is 1. The fourth-order valence-corrected chi connectivity index (χ4v) is 2.19. The molecule has 1 aromatic carbocycles. The Morgan fingerprint density at radius 1 is 1.44 bits per heavy atom. The normalized spacial score (nSPS) is 19.7. The average Bonchev–Trinajstić information content (AvgIpc) is 2.39. The number of ether oxygens (including phenoxy) is 1. The monoisotopic (exact) mass is 248 g/mol. The number of piperazine rings is 1. The highest BCUT2D eigenvalue weighted by atomic mass is 16.5. The minimum atomic E-state index is -0.252. The number of esters is 1. The fraction of sp³-hybridized carbons (Fsp3) is 0.500. The molecule has 1 fully saturated rings. The van der Waals surface area contributed by atoms with Crippen molar-refractivity contribution in [2.75, 3.05) is 31.1 Å². The molecule has 2 rings (SSSR count). The van der Waals surface area contributed by atoms with Gasteiger partial charge in [0, 0.05) is 31.4 Å². The lowest BCUT2D eigenvalue weighted by atomic mass is 10.1. The molecule has 4 heteroatoms. The second-order valence-electron chi connectivity index (χ2n) is 4.57. The van der Waals surface area contributed by atoms with Crippen LogP contribution in [0.25, 0.3) is 0 Å². The van der Waals surface area contributed by atoms with E-state index in [4.69, 9.17) is 4.74 Å². The van der Waals surface area contributed by atoms with Crippen LogP contribution in [0.2, 0.25) is 0 Å². The van der Waals surface area contributed by atoms with Gasteiger partial charge in [-0.05, 0) is 38.1 Å². The first-order valence-corrected chi connectivity index (χ1v) is 6.46. The van der Waals surface area contributed by atoms with Crippen molar-refractivity contribution >= 4 is 11.7 Å². The number of hydrogen-bond acceptors (Lipinski definition) is 4. The van der Waals surface area contributed by atoms with Crippen molar-refractivity contribution in [3.05, 3.63) is 29.8 Å². The van der Waals surface area contributed by atoms with E-state index in [0.717, 1.165) is 25.3 Å². The Labute approximate surface area is 108 Å². The van der Waals surface area contributed by atoms with Crippen LogP contribution in [0.15, 0.2) is 24.3 Å². The lowest BCUT2D eigenvalue weighted by Gasteiger charge is -2.33. The van der Waals surface area contributed by atoms with Gasteiger partial charge in [-0.15, -0.1) is 0 Å². The molecule has 0 bridgehead atoms. The van der Waals surface area contributed by atoms with Gasteiger partial charge in [0.05, 0.1) is 12.2 Å². The van der Waals surface area contributed by atoms with Crippen molar-refractivity contribution in [2.24, 2.45) is 0 Å². The summed E-state index contributed by atoms with van der Waals surface area (Å²) in [5.74, 6) is -0.252. The van der Waals surface area contributed by atoms with Gasteiger partial charge in [0.2, 0.25) is 0 Å². The van der Waals surface area contributed by atoms with Gasteiger partial charge < -0.3 is 15.0 Å². The van der Waals surface area contributed by atoms with Crippen molar-refractivity contribution in [3.8, 4) is 0 Å². The summed E-state index contributed by atoms with van der Waals surface area (Å²) in [6.45, 7) is 7.41. The first-order valence-electron chi connectivity index (χ1n) is 6.46. The molecule has 1 heterocycles. The van der Waals surface area contributed by atoms with E-state index < -0.39 is 0 Å². The minimum Gasteiger partial charge on any atom is -0.462 e. The summed E-state index contributed by atoms with van der Waals surface area (Å²) in [4.78, 5) is 13.9. The van der Waals surface area contributed by atoms with Crippen LogP contribution in [-0.2, 0) is 4.74 Å². The van der Waals surface area contributed by atoms with Crippen molar-refractivity contribution in [2.45, 2.75) is 19.9 Å². The van der Waals surface area contributed by atoms with Crippen molar-refractivity contribution in [1.29, 1.82) is 0 Å². The third-order valence-corrected chi connectivity index (χ3v) is 3.11. The molecule has 0 amide bonds. The van der Waals surface area contributed by atoms with E-state index in [9.17, 15) is 4.79 Å². The molecule has 0 saturated carbocycles. The molecule has 18 heavy (non-hydrogen) atoms. The molecule has 1 N–H and O–H groups in total. The number of rotatable bonds is 3. The molecule has 1 unspecified atom stereocenters. The Morgan fingerprint density at radius 3 is 2.78 bits per heavy atom. The van der Waals surface area contributed by atoms with Crippen LogP contribution >= 0.6 is 0 Å². The number of carbonyl (C=O) groups is 1. The van der Waals surface area contributed by atoms with Gasteiger partial charge in [-0.25, -0.2) is 4.79 Å². The molecule has 1 aliphatic heterocycles. The summed E-state index contributed by atoms with van der Waals surface area (Å²) in [6.07, 6.45) is 0. The molecule has 1 aliphatic rings. The molecule has 1 saturated heterocycles. The zero-order valence-corrected chi connectivity index (χ0v) is 11.0. The van der Waals surface area contributed by atoms with Crippen LogP contribution in [-0.4, -0.2) is 38.3 Å². The first kappa shape index (κ1) is 12.9. The fourth-order valence-electron chi connectivity index (χ4n) is 2.19. The summed E-state index contributed by atoms with van der Waals surface area (Å²) in [5.41, 5.74) is 1.78. The minimum absolute atomic E-state index is 0.252. The summed E-state index contributed by atoms with van der Waals surface area (Å²) in [6, 6.07) is 8.15. The van der Waals surface area contributed by atoms with Crippen LogP contribution in [0.4, 0.5) is 5.69 Å². The van der Waals surface area contributed by atoms with Crippen molar-refractivity contribution in [3.63, 3.8) is 0 Å². The second kappa shape index (κ2) is 5.87. The summed E-state index contributed by atoms with van der Waals surface area (Å²) >= 11 is 0. The molecule has 0 aromatic heterocycles. The Hall–Kier alpha value is -1.55. The van der Waals surface area contributed by atoms with Gasteiger partial charge in [-0.3, -0.25) is 0 Å². The Morgan fingerprint density at radius 2 is 2.17 bits per heavy atom. The van der Waals surface area contributed by atoms with Gasteiger partial charge in [-0.1, -0.05) is 0 Å². The van der Waals surface area contributed by atoms with Crippen LogP contribution < -0.4 is 10.2 Å². The van der Waals surface area contributed by atoms with Crippen LogP contribution in [0.3, 0.4) is 0 Å². The van der Waals surface area contributed by atoms with E-state index in [2.05, 4.69) is 17.1 Å². The van der Waals surface area contributed by atoms with Gasteiger partial charge in [0.1, 0.15) is 0 Å². The SMILES string of the molecule is CCOC(=O)c1ccc(N2CCNC(C)C2)cc1. The average molecular weight is 248 g/mol. The summed E-state index contributed by atoms with van der Waals surface area (Å²) in [5, 5.41) is 3.41. The van der Waals surface area contributed by atoms with Crippen LogP contribution in [0.5, 0.6) is 0 Å². The van der Waals surface area contributed by atoms with Gasteiger partial charge in [0.25, 0.3) is 0 Å². The maximum atomic E-state index is 11.5. The van der Waals surface area contributed by atoms with Crippen LogP contribution in [0, 0.1) is 0 Å². The standard InChI is InChI=1S/C14H20N2O2/c1-3-18-14(17)12-4-6-13(7-5-12)16-9-8-15-11(2)10-16/h4-7,11,15H,3,8-10H2,1-2H3. The van der Waals surface area contributed by atoms with Crippen LogP contribution in [0.1, 0.15) is 24.2 Å². The van der Waals surface area contributed by atoms with Crippen molar-refractivity contribution < 1.29 is 9.53 Å². The molecule has 0 spiro atoms. The highest BCUT2D eigenvalue weighted by Gasteiger charge is 2.16. The molecule has 98 valence electrons. The molecule has 0 radical (unpaired) electrons. The molecule has 1 atom stereocenters. The highest BCUT2D eigenvalue weighted by Crippen LogP contribution is 2.17. The summed E-state index contributed by atoms with van der Waals surface area (Å²) < 4.78 is 4.97. The smallest absolute Gasteiger partial charge is 0.338 e. The quantitative estimate of drug-likeness (QED) is 0.826. The maximum Gasteiger partial charge on any atom is 0.338 e. The maximum absolute atomic E-state index is 11.5. The van der Waals surface area contributed by atoms with E-state index in [-0.39, 0.29) is 5.97 Å². The lowest BCUT2D eigenvalue weighted by Crippen LogP contribution is -2.49. The van der Waals surface area contributed by atoms with Gasteiger partial charge >= 0.3 is 5.97 Å². The predicted octanol–water partition coefficient (Wildman–Crippen LogP) is 1.66. The molecule has 1 aromatic rings. The number of hydrogen-bond donors (Lipinski definition) is 1. The van der Waals surface area contributed by atoms with E-state index in [1.54, 1.807) is 0 Å². The lowest BCUT2D eigenvalue weighted by molar-refractivity contribution is 0.0526. The number of carbonyl (C=O) groups excluding carboxylic acids is 1. The second-order valence-corrected chi connectivity index (χ2v) is 4.57. The van der Waals surface area contributed by atoms with Gasteiger partial charge in [-0.2, -0.15) is 0 Å². The zero-order chi connectivity index (χ0) is 13.0. The molecule has 0 aliphatic carbocycles. The molecule has 4 nitrogen and oxygen atoms in total. The van der Waals surface area contributed by atoms with Crippen molar-refractivity contribution in [1.82, 2.24) is 5.32 Å². The summed E-state index contributed by atoms with van der Waals surface area (Å²) in [7, 11) is 0. The highest BCUT2D eigenvalue weighted by molar-refractivity contribution is 5.89. The molecular formula is C14H20N2O2. The Balaban J connectivity index is 2.05. The number of nitrogens with zero attached hydrogens (tertiary/aromatic N) is 1. The van der Waals surface area contributed by atoms with E-state index in [1.165, 1.54) is 0 Å². The van der Waals surface area contributed by atoms with E-state index in [1.807, 2.05) is 31.2 Å². The number of benzene rings is 1. The number of anilines is 1. The molecular weight excluding hydrogens is 228 g/mol. The first-order chi connectivity index (χ1) is 8.70. The van der Waals surface area contributed by atoms with E-state index in [0.29, 0.717) is 18.2 Å². The third kappa shape index (κ3) is 3.01. The topological polar surface area (TPSA) is 41.6 Å². The Kier molecular flexibility index (Phi) is 4.20. The predicted molar refractivity (Wildman–Crippen MR) is 72.1 cm³/mol. The zero-order valence-electron chi connectivity index (χ0n) is 11.0. The third-order valence-electron chi connectivity index (χ3n) is 3.11. The van der Waals surface area contributed by atoms with Gasteiger partial charge in [0.15, 0.2) is 0 Å². The Bertz CT molecular complexity index is 403.